The lowest BCUT2D eigenvalue weighted by molar-refractivity contribution is 1.05. The highest BCUT2D eigenvalue weighted by molar-refractivity contribution is 7.99. The summed E-state index contributed by atoms with van der Waals surface area (Å²) in [6.07, 6.45) is 2.99. The monoisotopic (exact) mass is 287 g/mol. The Kier molecular flexibility index (Phi) is 3.56. The SMILES string of the molecule is Nc1cc(Sc2cnc(Cl)cn2)c(Cl)c(N)n1. The van der Waals surface area contributed by atoms with Crippen LogP contribution in [0.25, 0.3) is 0 Å². The Hall–Kier alpha value is -1.24. The topological polar surface area (TPSA) is 90.7 Å². The molecule has 0 bridgehead atoms. The lowest BCUT2D eigenvalue weighted by Crippen LogP contribution is -1.98. The van der Waals surface area contributed by atoms with Crippen LogP contribution < -0.4 is 11.5 Å². The molecule has 5 nitrogen and oxygen atoms in total. The Morgan fingerprint density at radius 1 is 1.12 bits per heavy atom. The second-order valence-corrected chi connectivity index (χ2v) is 4.85. The third kappa shape index (κ3) is 2.91. The largest absolute Gasteiger partial charge is 0.384 e. The normalized spacial score (nSPS) is 10.5. The van der Waals surface area contributed by atoms with E-state index in [0.717, 1.165) is 0 Å². The van der Waals surface area contributed by atoms with Gasteiger partial charge in [0.1, 0.15) is 21.8 Å². The molecule has 17 heavy (non-hydrogen) atoms. The molecule has 0 aliphatic rings. The first-order chi connectivity index (χ1) is 8.06. The summed E-state index contributed by atoms with van der Waals surface area (Å²) in [7, 11) is 0. The van der Waals surface area contributed by atoms with Gasteiger partial charge in [-0.3, -0.25) is 0 Å². The Morgan fingerprint density at radius 3 is 2.53 bits per heavy atom. The van der Waals surface area contributed by atoms with Crippen molar-refractivity contribution in [1.82, 2.24) is 15.0 Å². The minimum Gasteiger partial charge on any atom is -0.384 e. The molecule has 0 atom stereocenters. The van der Waals surface area contributed by atoms with Gasteiger partial charge in [-0.15, -0.1) is 0 Å². The van der Waals surface area contributed by atoms with Crippen LogP contribution in [0.3, 0.4) is 0 Å². The third-order valence-electron chi connectivity index (χ3n) is 1.78. The summed E-state index contributed by atoms with van der Waals surface area (Å²) in [6, 6.07) is 1.62. The highest BCUT2D eigenvalue weighted by Gasteiger charge is 2.09. The lowest BCUT2D eigenvalue weighted by atomic mass is 10.4. The molecule has 2 heterocycles. The summed E-state index contributed by atoms with van der Waals surface area (Å²) in [6.45, 7) is 0. The first kappa shape index (κ1) is 12.2. The number of halogens is 2. The van der Waals surface area contributed by atoms with Crippen molar-refractivity contribution in [3.63, 3.8) is 0 Å². The molecular formula is C9H7Cl2N5S. The molecule has 0 aromatic carbocycles. The van der Waals surface area contributed by atoms with Crippen molar-refractivity contribution in [1.29, 1.82) is 0 Å². The predicted octanol–water partition coefficient (Wildman–Crippen LogP) is 2.49. The fraction of sp³-hybridized carbons (Fsp3) is 0. The summed E-state index contributed by atoms with van der Waals surface area (Å²) < 4.78 is 0. The van der Waals surface area contributed by atoms with Gasteiger partial charge in [0.15, 0.2) is 0 Å². The summed E-state index contributed by atoms with van der Waals surface area (Å²) in [4.78, 5) is 12.5. The molecule has 0 aliphatic carbocycles. The Morgan fingerprint density at radius 2 is 1.88 bits per heavy atom. The molecule has 0 saturated heterocycles. The maximum atomic E-state index is 6.01. The van der Waals surface area contributed by atoms with E-state index in [1.54, 1.807) is 6.07 Å². The number of pyridine rings is 1. The Labute approximate surface area is 112 Å². The van der Waals surface area contributed by atoms with Crippen LogP contribution in [0.15, 0.2) is 28.4 Å². The molecule has 0 unspecified atom stereocenters. The maximum Gasteiger partial charge on any atom is 0.147 e. The lowest BCUT2D eigenvalue weighted by Gasteiger charge is -2.06. The van der Waals surface area contributed by atoms with Crippen LogP contribution in [0.1, 0.15) is 0 Å². The van der Waals surface area contributed by atoms with Gasteiger partial charge in [0, 0.05) is 4.90 Å². The van der Waals surface area contributed by atoms with E-state index in [1.807, 2.05) is 0 Å². The van der Waals surface area contributed by atoms with Gasteiger partial charge in [-0.05, 0) is 6.07 Å². The van der Waals surface area contributed by atoms with E-state index >= 15 is 0 Å². The maximum absolute atomic E-state index is 6.01. The molecule has 2 aromatic rings. The van der Waals surface area contributed by atoms with Crippen LogP contribution >= 0.6 is 35.0 Å². The van der Waals surface area contributed by atoms with Crippen LogP contribution in [0, 0.1) is 0 Å². The zero-order valence-corrected chi connectivity index (χ0v) is 10.7. The Balaban J connectivity index is 2.32. The standard InChI is InChI=1S/C9H7Cl2N5S/c10-5-2-15-7(3-14-5)17-4-1-6(12)16-9(13)8(4)11/h1-3H,(H4,12,13,16). The number of nitrogen functional groups attached to an aromatic ring is 2. The van der Waals surface area contributed by atoms with Crippen molar-refractivity contribution >= 4 is 46.6 Å². The van der Waals surface area contributed by atoms with Crippen LogP contribution in [0.5, 0.6) is 0 Å². The summed E-state index contributed by atoms with van der Waals surface area (Å²) in [5, 5.41) is 1.32. The zero-order chi connectivity index (χ0) is 12.4. The quantitative estimate of drug-likeness (QED) is 0.882. The van der Waals surface area contributed by atoms with Gasteiger partial charge >= 0.3 is 0 Å². The van der Waals surface area contributed by atoms with E-state index in [-0.39, 0.29) is 5.82 Å². The van der Waals surface area contributed by atoms with Crippen LogP contribution in [0.4, 0.5) is 11.6 Å². The van der Waals surface area contributed by atoms with E-state index < -0.39 is 0 Å². The van der Waals surface area contributed by atoms with Gasteiger partial charge in [-0.25, -0.2) is 15.0 Å². The van der Waals surface area contributed by atoms with Crippen molar-refractivity contribution in [2.24, 2.45) is 0 Å². The van der Waals surface area contributed by atoms with Gasteiger partial charge < -0.3 is 11.5 Å². The average molecular weight is 288 g/mol. The number of nitrogens with two attached hydrogens (primary N) is 2. The smallest absolute Gasteiger partial charge is 0.147 e. The van der Waals surface area contributed by atoms with Crippen molar-refractivity contribution in [3.05, 3.63) is 28.6 Å². The second kappa shape index (κ2) is 4.95. The molecule has 8 heteroatoms. The van der Waals surface area contributed by atoms with Crippen molar-refractivity contribution < 1.29 is 0 Å². The van der Waals surface area contributed by atoms with E-state index in [4.69, 9.17) is 34.7 Å². The summed E-state index contributed by atoms with van der Waals surface area (Å²) in [5.41, 5.74) is 11.2. The van der Waals surface area contributed by atoms with E-state index in [1.165, 1.54) is 24.2 Å². The second-order valence-electron chi connectivity index (χ2n) is 3.02. The van der Waals surface area contributed by atoms with Crippen LogP contribution in [-0.2, 0) is 0 Å². The zero-order valence-electron chi connectivity index (χ0n) is 8.39. The van der Waals surface area contributed by atoms with Gasteiger partial charge in [0.05, 0.1) is 17.4 Å². The first-order valence-corrected chi connectivity index (χ1v) is 6.00. The van der Waals surface area contributed by atoms with E-state index in [0.29, 0.717) is 25.9 Å². The fourth-order valence-electron chi connectivity index (χ4n) is 1.08. The minimum absolute atomic E-state index is 0.191. The van der Waals surface area contributed by atoms with Crippen molar-refractivity contribution in [2.45, 2.75) is 9.92 Å². The molecule has 0 fully saturated rings. The van der Waals surface area contributed by atoms with Gasteiger partial charge in [0.25, 0.3) is 0 Å². The predicted molar refractivity (Wildman–Crippen MR) is 69.2 cm³/mol. The molecule has 0 radical (unpaired) electrons. The molecule has 88 valence electrons. The summed E-state index contributed by atoms with van der Waals surface area (Å²) in [5.74, 6) is 0.493. The number of hydrogen-bond donors (Lipinski definition) is 2. The average Bonchev–Trinajstić information content (AvgIpc) is 2.28. The van der Waals surface area contributed by atoms with Gasteiger partial charge in [-0.1, -0.05) is 35.0 Å². The highest BCUT2D eigenvalue weighted by Crippen LogP contribution is 2.35. The molecular weight excluding hydrogens is 281 g/mol. The highest BCUT2D eigenvalue weighted by atomic mass is 35.5. The molecule has 0 spiro atoms. The molecule has 2 aromatic heterocycles. The van der Waals surface area contributed by atoms with Crippen molar-refractivity contribution in [2.75, 3.05) is 11.5 Å². The molecule has 0 saturated carbocycles. The molecule has 4 N–H and O–H groups in total. The van der Waals surface area contributed by atoms with E-state index in [9.17, 15) is 0 Å². The van der Waals surface area contributed by atoms with Crippen molar-refractivity contribution in [3.8, 4) is 0 Å². The van der Waals surface area contributed by atoms with Gasteiger partial charge in [0.2, 0.25) is 0 Å². The number of nitrogens with zero attached hydrogens (tertiary/aromatic N) is 3. The van der Waals surface area contributed by atoms with Gasteiger partial charge in [-0.2, -0.15) is 0 Å². The molecule has 2 rings (SSSR count). The summed E-state index contributed by atoms with van der Waals surface area (Å²) >= 11 is 12.9. The van der Waals surface area contributed by atoms with Crippen LogP contribution in [-0.4, -0.2) is 15.0 Å². The third-order valence-corrected chi connectivity index (χ3v) is 3.45. The number of aromatic nitrogens is 3. The molecule has 0 amide bonds. The van der Waals surface area contributed by atoms with Crippen LogP contribution in [0.2, 0.25) is 10.2 Å². The number of anilines is 2. The van der Waals surface area contributed by atoms with E-state index in [2.05, 4.69) is 15.0 Å². The number of rotatable bonds is 2. The minimum atomic E-state index is 0.191. The Bertz CT molecular complexity index is 546. The molecule has 0 aliphatic heterocycles. The number of hydrogen-bond acceptors (Lipinski definition) is 6. The fourth-order valence-corrected chi connectivity index (χ4v) is 2.20. The first-order valence-electron chi connectivity index (χ1n) is 4.43.